The Hall–Kier alpha value is -1.85. The summed E-state index contributed by atoms with van der Waals surface area (Å²) < 4.78 is 5.04. The second-order valence-corrected chi connectivity index (χ2v) is 4.89. The van der Waals surface area contributed by atoms with Gasteiger partial charge in [-0.25, -0.2) is 4.79 Å². The fourth-order valence-corrected chi connectivity index (χ4v) is 1.82. The lowest BCUT2D eigenvalue weighted by Gasteiger charge is -2.26. The first-order valence-corrected chi connectivity index (χ1v) is 7.96. The Labute approximate surface area is 139 Å². The van der Waals surface area contributed by atoms with Crippen molar-refractivity contribution in [3.8, 4) is 0 Å². The lowest BCUT2D eigenvalue weighted by molar-refractivity contribution is -0.138. The molecule has 0 aliphatic heterocycles. The second kappa shape index (κ2) is 12.7. The number of anilines is 1. The summed E-state index contributed by atoms with van der Waals surface area (Å²) in [7, 11) is 0. The summed E-state index contributed by atoms with van der Waals surface area (Å²) in [5, 5.41) is 18.6. The Bertz CT molecular complexity index is 448. The highest BCUT2D eigenvalue weighted by Gasteiger charge is 2.12. The van der Waals surface area contributed by atoms with Gasteiger partial charge in [-0.1, -0.05) is 38.6 Å². The van der Waals surface area contributed by atoms with E-state index in [-0.39, 0.29) is 6.61 Å². The van der Waals surface area contributed by atoms with Gasteiger partial charge in [0.15, 0.2) is 0 Å². The second-order valence-electron chi connectivity index (χ2n) is 4.89. The fraction of sp³-hybridized carbons (Fsp3) is 0.500. The number of nitrogens with zero attached hydrogens (tertiary/aromatic N) is 1. The summed E-state index contributed by atoms with van der Waals surface area (Å²) >= 11 is 0. The van der Waals surface area contributed by atoms with Gasteiger partial charge in [-0.05, 0) is 25.5 Å². The number of ether oxygens (including phenoxy) is 1. The van der Waals surface area contributed by atoms with Gasteiger partial charge in [0.25, 0.3) is 0 Å². The van der Waals surface area contributed by atoms with Crippen molar-refractivity contribution in [3.63, 3.8) is 0 Å². The van der Waals surface area contributed by atoms with E-state index in [1.807, 2.05) is 49.1 Å². The van der Waals surface area contributed by atoms with E-state index in [2.05, 4.69) is 6.58 Å². The quantitative estimate of drug-likeness (QED) is 0.415. The number of esters is 1. The molecule has 0 aliphatic carbocycles. The van der Waals surface area contributed by atoms with Crippen LogP contribution in [0.4, 0.5) is 5.69 Å². The maximum atomic E-state index is 11.3. The van der Waals surface area contributed by atoms with E-state index in [4.69, 9.17) is 9.84 Å². The molecule has 1 aromatic carbocycles. The molecule has 23 heavy (non-hydrogen) atoms. The number of hydrogen-bond donors (Lipinski definition) is 2. The van der Waals surface area contributed by atoms with Crippen LogP contribution >= 0.6 is 0 Å². The van der Waals surface area contributed by atoms with Crippen LogP contribution in [0.3, 0.4) is 0 Å². The molecule has 1 rings (SSSR count). The van der Waals surface area contributed by atoms with Crippen molar-refractivity contribution >= 4 is 11.7 Å². The minimum Gasteiger partial charge on any atom is -0.462 e. The van der Waals surface area contributed by atoms with E-state index >= 15 is 0 Å². The summed E-state index contributed by atoms with van der Waals surface area (Å²) in [4.78, 5) is 13.2. The molecule has 0 bridgehead atoms. The first kappa shape index (κ1) is 21.1. The topological polar surface area (TPSA) is 70.0 Å². The van der Waals surface area contributed by atoms with Crippen molar-refractivity contribution in [2.75, 3.05) is 31.2 Å². The Morgan fingerprint density at radius 3 is 2.43 bits per heavy atom. The van der Waals surface area contributed by atoms with E-state index in [9.17, 15) is 9.90 Å². The highest BCUT2D eigenvalue weighted by atomic mass is 16.5. The van der Waals surface area contributed by atoms with Crippen LogP contribution in [0.15, 0.2) is 42.5 Å². The Morgan fingerprint density at radius 1 is 1.30 bits per heavy atom. The number of aliphatic hydroxyl groups is 2. The van der Waals surface area contributed by atoms with Gasteiger partial charge in [-0.2, -0.15) is 0 Å². The number of carbonyl (C=O) groups is 1. The average molecular weight is 323 g/mol. The fourth-order valence-electron chi connectivity index (χ4n) is 1.82. The van der Waals surface area contributed by atoms with Crippen LogP contribution in [0.1, 0.15) is 27.2 Å². The summed E-state index contributed by atoms with van der Waals surface area (Å²) in [6.45, 7) is 10.1. The molecule has 0 saturated carbocycles. The van der Waals surface area contributed by atoms with E-state index in [1.54, 1.807) is 6.92 Å². The zero-order valence-electron chi connectivity index (χ0n) is 14.4. The molecule has 0 aromatic heterocycles. The standard InChI is InChI=1S/C16H23NO4.C2H6/c1-13(2)16(20)21-10-6-9-17(11-15(19)12-18)14-7-4-3-5-8-14;1-2/h3-5,7-8,15,18-19H,1,6,9-12H2,2H3;1-2H3. The maximum Gasteiger partial charge on any atom is 0.333 e. The Kier molecular flexibility index (Phi) is 11.7. The van der Waals surface area contributed by atoms with Gasteiger partial charge in [0.1, 0.15) is 0 Å². The van der Waals surface area contributed by atoms with E-state index in [0.717, 1.165) is 5.69 Å². The number of hydrogen-bond acceptors (Lipinski definition) is 5. The summed E-state index contributed by atoms with van der Waals surface area (Å²) in [5.74, 6) is -0.392. The molecule has 0 spiro atoms. The van der Waals surface area contributed by atoms with Crippen molar-refractivity contribution in [3.05, 3.63) is 42.5 Å². The van der Waals surface area contributed by atoms with Gasteiger partial charge in [0.2, 0.25) is 0 Å². The smallest absolute Gasteiger partial charge is 0.333 e. The highest BCUT2D eigenvalue weighted by molar-refractivity contribution is 5.86. The maximum absolute atomic E-state index is 11.3. The molecule has 1 unspecified atom stereocenters. The lowest BCUT2D eigenvalue weighted by atomic mass is 10.2. The molecule has 130 valence electrons. The molecule has 2 N–H and O–H groups in total. The van der Waals surface area contributed by atoms with Gasteiger partial charge in [-0.15, -0.1) is 0 Å². The van der Waals surface area contributed by atoms with E-state index in [1.165, 1.54) is 0 Å². The lowest BCUT2D eigenvalue weighted by Crippen LogP contribution is -2.35. The Morgan fingerprint density at radius 2 is 1.91 bits per heavy atom. The van der Waals surface area contributed by atoms with Gasteiger partial charge in [0.05, 0.1) is 19.3 Å². The minimum atomic E-state index is -0.803. The van der Waals surface area contributed by atoms with Crippen LogP contribution in [0.25, 0.3) is 0 Å². The third kappa shape index (κ3) is 9.01. The molecular formula is C18H29NO4. The normalized spacial score (nSPS) is 11.0. The van der Waals surface area contributed by atoms with Crippen molar-refractivity contribution in [2.45, 2.75) is 33.3 Å². The number of carbonyl (C=O) groups excluding carboxylic acids is 1. The summed E-state index contributed by atoms with van der Waals surface area (Å²) in [6.07, 6.45) is -0.172. The van der Waals surface area contributed by atoms with E-state index < -0.39 is 12.1 Å². The average Bonchev–Trinajstić information content (AvgIpc) is 2.59. The molecule has 0 amide bonds. The molecule has 0 saturated heterocycles. The third-order valence-electron chi connectivity index (χ3n) is 2.92. The van der Waals surface area contributed by atoms with Crippen molar-refractivity contribution in [1.29, 1.82) is 0 Å². The minimum absolute atomic E-state index is 0.284. The SMILES string of the molecule is C=C(C)C(=O)OCCCN(CC(O)CO)c1ccccc1.CC. The van der Waals surface area contributed by atoms with Crippen LogP contribution in [-0.4, -0.2) is 48.6 Å². The van der Waals surface area contributed by atoms with Crippen molar-refractivity contribution in [2.24, 2.45) is 0 Å². The van der Waals surface area contributed by atoms with Gasteiger partial charge in [-0.3, -0.25) is 0 Å². The number of rotatable bonds is 9. The van der Waals surface area contributed by atoms with Crippen LogP contribution in [-0.2, 0) is 9.53 Å². The van der Waals surface area contributed by atoms with E-state index in [0.29, 0.717) is 31.7 Å². The molecule has 0 heterocycles. The van der Waals surface area contributed by atoms with Crippen molar-refractivity contribution < 1.29 is 19.7 Å². The van der Waals surface area contributed by atoms with Crippen LogP contribution in [0.5, 0.6) is 0 Å². The van der Waals surface area contributed by atoms with Crippen LogP contribution in [0.2, 0.25) is 0 Å². The van der Waals surface area contributed by atoms with Crippen LogP contribution < -0.4 is 4.90 Å². The summed E-state index contributed by atoms with van der Waals surface area (Å²) in [6, 6.07) is 9.61. The molecule has 0 aliphatic rings. The molecule has 0 radical (unpaired) electrons. The molecule has 1 aromatic rings. The molecule has 0 fully saturated rings. The zero-order chi connectivity index (χ0) is 17.7. The molecule has 1 atom stereocenters. The zero-order valence-corrected chi connectivity index (χ0v) is 14.4. The molecule has 5 heteroatoms. The first-order chi connectivity index (χ1) is 11.0. The van der Waals surface area contributed by atoms with Crippen LogP contribution in [0, 0.1) is 0 Å². The molecule has 5 nitrogen and oxygen atoms in total. The summed E-state index contributed by atoms with van der Waals surface area (Å²) in [5.41, 5.74) is 1.34. The number of aliphatic hydroxyl groups excluding tert-OH is 2. The molecular weight excluding hydrogens is 294 g/mol. The predicted octanol–water partition coefficient (Wildman–Crippen LogP) is 2.38. The number of para-hydroxylation sites is 1. The third-order valence-corrected chi connectivity index (χ3v) is 2.92. The van der Waals surface area contributed by atoms with Gasteiger partial charge >= 0.3 is 5.97 Å². The van der Waals surface area contributed by atoms with Crippen molar-refractivity contribution in [1.82, 2.24) is 0 Å². The highest BCUT2D eigenvalue weighted by Crippen LogP contribution is 2.14. The Balaban J connectivity index is 0.00000232. The largest absolute Gasteiger partial charge is 0.462 e. The van der Waals surface area contributed by atoms with Gasteiger partial charge in [0, 0.05) is 24.4 Å². The first-order valence-electron chi connectivity index (χ1n) is 7.96. The number of benzene rings is 1. The monoisotopic (exact) mass is 323 g/mol. The van der Waals surface area contributed by atoms with Gasteiger partial charge < -0.3 is 19.8 Å². The predicted molar refractivity (Wildman–Crippen MR) is 93.5 cm³/mol.